The van der Waals surface area contributed by atoms with E-state index in [-0.39, 0.29) is 17.9 Å². The van der Waals surface area contributed by atoms with E-state index in [0.717, 1.165) is 78.3 Å². The Morgan fingerprint density at radius 1 is 0.638 bits per heavy atom. The number of fused-ring (bicyclic) bond motifs is 6. The highest BCUT2D eigenvalue weighted by atomic mass is 16.5. The van der Waals surface area contributed by atoms with E-state index in [1.807, 2.05) is 12.1 Å². The van der Waals surface area contributed by atoms with Crippen LogP contribution in [0.2, 0.25) is 0 Å². The molecule has 11 rings (SSSR count). The summed E-state index contributed by atoms with van der Waals surface area (Å²) in [5.74, 6) is 2.67. The number of benzene rings is 7. The molecular weight excluding hydrogens is 709 g/mol. The maximum atomic E-state index is 6.58. The molecule has 5 heteroatoms. The molecule has 3 aliphatic rings. The van der Waals surface area contributed by atoms with Crippen LogP contribution in [0.25, 0.3) is 44.1 Å². The van der Waals surface area contributed by atoms with Crippen LogP contribution in [0.15, 0.2) is 194 Å². The van der Waals surface area contributed by atoms with E-state index >= 15 is 0 Å². The van der Waals surface area contributed by atoms with Gasteiger partial charge in [-0.05, 0) is 78.4 Å². The lowest BCUT2D eigenvalue weighted by Crippen LogP contribution is -2.32. The molecule has 1 aliphatic carbocycles. The second-order valence-electron chi connectivity index (χ2n) is 15.3. The summed E-state index contributed by atoms with van der Waals surface area (Å²) in [5, 5.41) is 3.31. The molecule has 0 radical (unpaired) electrons. The molecular formula is C53H40N4O. The van der Waals surface area contributed by atoms with Crippen molar-refractivity contribution in [3.8, 4) is 33.9 Å². The molecule has 3 heterocycles. The first-order valence-electron chi connectivity index (χ1n) is 20.1. The summed E-state index contributed by atoms with van der Waals surface area (Å²) >= 11 is 0. The fourth-order valence-electron chi connectivity index (χ4n) is 9.47. The van der Waals surface area contributed by atoms with Crippen molar-refractivity contribution in [1.29, 1.82) is 0 Å². The molecule has 0 fully saturated rings. The third-order valence-electron chi connectivity index (χ3n) is 12.1. The van der Waals surface area contributed by atoms with Gasteiger partial charge in [0.15, 0.2) is 11.5 Å². The lowest BCUT2D eigenvalue weighted by atomic mass is 9.77. The SMILES string of the molecule is C/C=C1/C=CC=CC1C1c2cccc(-c3ccc4c(c3)N(c3ccccc3)c3ccccc3O4)c2N(c2nc(-c3ccccc3)c3ccc4ccccc4c3n2)C1C. The first kappa shape index (κ1) is 34.0. The highest BCUT2D eigenvalue weighted by Crippen LogP contribution is 2.56. The van der Waals surface area contributed by atoms with Gasteiger partial charge in [0.05, 0.1) is 28.3 Å². The Kier molecular flexibility index (Phi) is 8.07. The van der Waals surface area contributed by atoms with Crippen LogP contribution in [-0.4, -0.2) is 16.0 Å². The monoisotopic (exact) mass is 748 g/mol. The summed E-state index contributed by atoms with van der Waals surface area (Å²) < 4.78 is 6.58. The van der Waals surface area contributed by atoms with E-state index in [9.17, 15) is 0 Å². The molecule has 7 aromatic carbocycles. The number of aromatic nitrogens is 2. The van der Waals surface area contributed by atoms with Gasteiger partial charge in [0.2, 0.25) is 5.95 Å². The molecule has 1 aromatic heterocycles. The number of rotatable bonds is 5. The minimum Gasteiger partial charge on any atom is -0.453 e. The summed E-state index contributed by atoms with van der Waals surface area (Å²) in [6.45, 7) is 4.50. The standard InChI is InChI=1S/C53H40N4O/c1-3-35-17-10-12-23-40(35)49-34(2)56(53-54-50(37-19-6-4-7-20-37)44-31-29-36-18-11-13-24-41(36)51(44)55-53)52-42(25-16-26-43(49)52)38-30-32-48-46(33-38)57(39-21-8-5-9-22-39)45-27-14-15-28-47(45)58-48/h3-34,40,49H,1-2H3/b35-3-. The highest BCUT2D eigenvalue weighted by Gasteiger charge is 2.44. The van der Waals surface area contributed by atoms with Gasteiger partial charge in [-0.2, -0.15) is 0 Å². The van der Waals surface area contributed by atoms with Crippen molar-refractivity contribution >= 4 is 50.4 Å². The normalized spacial score (nSPS) is 18.7. The molecule has 5 nitrogen and oxygen atoms in total. The summed E-state index contributed by atoms with van der Waals surface area (Å²) in [7, 11) is 0. The van der Waals surface area contributed by atoms with Crippen molar-refractivity contribution in [1.82, 2.24) is 9.97 Å². The number of anilines is 5. The maximum absolute atomic E-state index is 6.58. The van der Waals surface area contributed by atoms with Crippen LogP contribution in [0, 0.1) is 5.92 Å². The molecule has 278 valence electrons. The average molecular weight is 749 g/mol. The molecule has 3 atom stereocenters. The molecule has 2 aliphatic heterocycles. The largest absolute Gasteiger partial charge is 0.453 e. The number of hydrogen-bond donors (Lipinski definition) is 0. The Bertz CT molecular complexity index is 2990. The van der Waals surface area contributed by atoms with Crippen LogP contribution in [0.4, 0.5) is 28.7 Å². The topological polar surface area (TPSA) is 41.5 Å². The van der Waals surface area contributed by atoms with Gasteiger partial charge in [-0.15, -0.1) is 0 Å². The number of allylic oxidation sites excluding steroid dienone is 6. The maximum Gasteiger partial charge on any atom is 0.231 e. The predicted molar refractivity (Wildman–Crippen MR) is 239 cm³/mol. The van der Waals surface area contributed by atoms with Crippen molar-refractivity contribution in [3.63, 3.8) is 0 Å². The summed E-state index contributed by atoms with van der Waals surface area (Å²) in [6.07, 6.45) is 11.2. The van der Waals surface area contributed by atoms with Gasteiger partial charge in [-0.3, -0.25) is 0 Å². The van der Waals surface area contributed by atoms with E-state index in [4.69, 9.17) is 14.7 Å². The highest BCUT2D eigenvalue weighted by molar-refractivity contribution is 6.10. The van der Waals surface area contributed by atoms with Crippen LogP contribution < -0.4 is 14.5 Å². The molecule has 58 heavy (non-hydrogen) atoms. The van der Waals surface area contributed by atoms with E-state index in [1.54, 1.807) is 0 Å². The fraction of sp³-hybridized carbons (Fsp3) is 0.0943. The lowest BCUT2D eigenvalue weighted by molar-refractivity contribution is 0.477. The summed E-state index contributed by atoms with van der Waals surface area (Å²) in [4.78, 5) is 15.9. The molecule has 0 bridgehead atoms. The van der Waals surface area contributed by atoms with Crippen molar-refractivity contribution < 1.29 is 4.74 Å². The summed E-state index contributed by atoms with van der Waals surface area (Å²) in [6, 6.07) is 55.7. The van der Waals surface area contributed by atoms with Gasteiger partial charge in [0.25, 0.3) is 0 Å². The zero-order valence-electron chi connectivity index (χ0n) is 32.3. The Labute approximate surface area is 338 Å². The van der Waals surface area contributed by atoms with Crippen LogP contribution >= 0.6 is 0 Å². The average Bonchev–Trinajstić information content (AvgIpc) is 3.59. The molecule has 3 unspecified atom stereocenters. The Morgan fingerprint density at radius 3 is 2.28 bits per heavy atom. The third kappa shape index (κ3) is 5.38. The number of hydrogen-bond acceptors (Lipinski definition) is 5. The molecule has 0 N–H and O–H groups in total. The molecule has 8 aromatic rings. The van der Waals surface area contributed by atoms with Crippen LogP contribution in [-0.2, 0) is 0 Å². The Balaban J connectivity index is 1.16. The minimum atomic E-state index is 0.0250. The second kappa shape index (κ2) is 13.7. The van der Waals surface area contributed by atoms with Crippen molar-refractivity contribution in [2.45, 2.75) is 25.8 Å². The zero-order valence-corrected chi connectivity index (χ0v) is 32.3. The van der Waals surface area contributed by atoms with Gasteiger partial charge in [-0.25, -0.2) is 9.97 Å². The predicted octanol–water partition coefficient (Wildman–Crippen LogP) is 14.0. The lowest BCUT2D eigenvalue weighted by Gasteiger charge is -2.33. The van der Waals surface area contributed by atoms with E-state index in [1.165, 1.54) is 11.1 Å². The van der Waals surface area contributed by atoms with E-state index in [2.05, 4.69) is 200 Å². The van der Waals surface area contributed by atoms with E-state index < -0.39 is 0 Å². The zero-order chi connectivity index (χ0) is 38.7. The Morgan fingerprint density at radius 2 is 1.41 bits per heavy atom. The van der Waals surface area contributed by atoms with Crippen LogP contribution in [0.5, 0.6) is 11.5 Å². The van der Waals surface area contributed by atoms with Crippen LogP contribution in [0.1, 0.15) is 25.3 Å². The first-order chi connectivity index (χ1) is 28.7. The molecule has 0 saturated heterocycles. The van der Waals surface area contributed by atoms with Gasteiger partial charge >= 0.3 is 0 Å². The number of nitrogens with zero attached hydrogens (tertiary/aromatic N) is 4. The molecule has 0 spiro atoms. The third-order valence-corrected chi connectivity index (χ3v) is 12.1. The summed E-state index contributed by atoms with van der Waals surface area (Å²) in [5.41, 5.74) is 12.0. The van der Waals surface area contributed by atoms with Gasteiger partial charge in [-0.1, -0.05) is 146 Å². The van der Waals surface area contributed by atoms with Gasteiger partial charge < -0.3 is 14.5 Å². The smallest absolute Gasteiger partial charge is 0.231 e. The number of para-hydroxylation sites is 4. The molecule has 0 amide bonds. The second-order valence-corrected chi connectivity index (χ2v) is 15.3. The van der Waals surface area contributed by atoms with Gasteiger partial charge in [0, 0.05) is 45.5 Å². The first-order valence-corrected chi connectivity index (χ1v) is 20.1. The van der Waals surface area contributed by atoms with Crippen molar-refractivity contribution in [3.05, 3.63) is 199 Å². The number of ether oxygens (including phenoxy) is 1. The minimum absolute atomic E-state index is 0.0250. The van der Waals surface area contributed by atoms with Gasteiger partial charge in [0.1, 0.15) is 0 Å². The quantitative estimate of drug-likeness (QED) is 0.164. The van der Waals surface area contributed by atoms with E-state index in [0.29, 0.717) is 5.95 Å². The van der Waals surface area contributed by atoms with Crippen LogP contribution in [0.3, 0.4) is 0 Å². The van der Waals surface area contributed by atoms with Crippen molar-refractivity contribution in [2.75, 3.05) is 9.80 Å². The molecule has 0 saturated carbocycles. The van der Waals surface area contributed by atoms with Crippen molar-refractivity contribution in [2.24, 2.45) is 5.92 Å². The Hall–Kier alpha value is -7.24. The fourth-order valence-corrected chi connectivity index (χ4v) is 9.47.